The number of halogens is 1. The molecule has 0 spiro atoms. The zero-order valence-corrected chi connectivity index (χ0v) is 15.1. The van der Waals surface area contributed by atoms with E-state index in [2.05, 4.69) is 27.9 Å². The van der Waals surface area contributed by atoms with Crippen molar-refractivity contribution in [2.45, 2.75) is 38.3 Å². The quantitative estimate of drug-likeness (QED) is 0.463. The molecule has 0 saturated carbocycles. The highest BCUT2D eigenvalue weighted by Gasteiger charge is 2.49. The van der Waals surface area contributed by atoms with Crippen LogP contribution in [0.1, 0.15) is 31.9 Å². The summed E-state index contributed by atoms with van der Waals surface area (Å²) in [6, 6.07) is 5.35. The first-order valence-electron chi connectivity index (χ1n) is 7.57. The van der Waals surface area contributed by atoms with Gasteiger partial charge in [-0.15, -0.1) is 0 Å². The number of rotatable bonds is 3. The number of nitrogens with one attached hydrogen (secondary N) is 1. The number of pyridine rings is 1. The number of alkyl halides is 1. The molecular weight excluding hydrogens is 395 g/mol. The van der Waals surface area contributed by atoms with E-state index < -0.39 is 11.0 Å². The number of nitrogens with zero attached hydrogens (tertiary/aromatic N) is 1. The van der Waals surface area contributed by atoms with E-state index in [1.54, 1.807) is 16.7 Å². The van der Waals surface area contributed by atoms with Crippen molar-refractivity contribution in [2.75, 3.05) is 17.5 Å². The molecule has 3 rings (SSSR count). The van der Waals surface area contributed by atoms with Crippen molar-refractivity contribution in [3.8, 4) is 0 Å². The summed E-state index contributed by atoms with van der Waals surface area (Å²) in [5.74, 6) is -0.000525. The first kappa shape index (κ1) is 16.0. The van der Waals surface area contributed by atoms with Crippen LogP contribution in [0.15, 0.2) is 23.0 Å². The van der Waals surface area contributed by atoms with Gasteiger partial charge in [0, 0.05) is 41.7 Å². The van der Waals surface area contributed by atoms with Gasteiger partial charge in [0.1, 0.15) is 5.60 Å². The number of esters is 1. The van der Waals surface area contributed by atoms with Crippen LogP contribution in [-0.4, -0.2) is 33.7 Å². The van der Waals surface area contributed by atoms with E-state index >= 15 is 0 Å². The van der Waals surface area contributed by atoms with Crippen LogP contribution in [0.25, 0.3) is 0 Å². The summed E-state index contributed by atoms with van der Waals surface area (Å²) in [4.78, 5) is 25.0. The second kappa shape index (κ2) is 5.63. The summed E-state index contributed by atoms with van der Waals surface area (Å²) in [6.45, 7) is 5.62. The molecule has 3 heterocycles. The minimum Gasteiger partial charge on any atom is -0.458 e. The molecule has 0 unspecified atom stereocenters. The fourth-order valence-corrected chi connectivity index (χ4v) is 3.56. The molecule has 1 N–H and O–H groups in total. The molecule has 1 fully saturated rings. The molecule has 0 aliphatic carbocycles. The fraction of sp³-hybridized carbons (Fsp3) is 0.625. The SMILES string of the molecule is CC(C)(CI)OC(=O)[C@@]12CNC[C@@H](C1)c1cccc(=O)n1C2. The minimum absolute atomic E-state index is 0.0329. The van der Waals surface area contributed by atoms with Crippen LogP contribution >= 0.6 is 22.6 Å². The molecule has 0 amide bonds. The van der Waals surface area contributed by atoms with Gasteiger partial charge >= 0.3 is 5.97 Å². The first-order valence-corrected chi connectivity index (χ1v) is 9.09. The largest absolute Gasteiger partial charge is 0.458 e. The molecule has 6 heteroatoms. The second-order valence-corrected chi connectivity index (χ2v) is 7.73. The molecule has 1 aromatic rings. The number of carbonyl (C=O) groups excluding carboxylic acids is 1. The lowest BCUT2D eigenvalue weighted by molar-refractivity contribution is -0.170. The lowest BCUT2D eigenvalue weighted by atomic mass is 9.72. The Bertz CT molecular complexity index is 655. The Morgan fingerprint density at radius 1 is 1.55 bits per heavy atom. The van der Waals surface area contributed by atoms with Gasteiger partial charge in [-0.25, -0.2) is 0 Å². The highest BCUT2D eigenvalue weighted by molar-refractivity contribution is 14.1. The Balaban J connectivity index is 1.96. The van der Waals surface area contributed by atoms with Gasteiger partial charge in [0.05, 0.1) is 5.41 Å². The Morgan fingerprint density at radius 3 is 3.05 bits per heavy atom. The van der Waals surface area contributed by atoms with Crippen molar-refractivity contribution in [2.24, 2.45) is 5.41 Å². The topological polar surface area (TPSA) is 60.3 Å². The Hall–Kier alpha value is -0.890. The lowest BCUT2D eigenvalue weighted by Crippen LogP contribution is -2.57. The van der Waals surface area contributed by atoms with Crippen molar-refractivity contribution in [3.63, 3.8) is 0 Å². The molecule has 2 atom stereocenters. The highest BCUT2D eigenvalue weighted by atomic mass is 127. The molecule has 2 bridgehead atoms. The molecule has 5 nitrogen and oxygen atoms in total. The summed E-state index contributed by atoms with van der Waals surface area (Å²) < 4.78 is 8.25. The summed E-state index contributed by atoms with van der Waals surface area (Å²) in [6.07, 6.45) is 0.750. The minimum atomic E-state index is -0.635. The van der Waals surface area contributed by atoms with Gasteiger partial charge < -0.3 is 14.6 Å². The molecule has 1 aromatic heterocycles. The summed E-state index contributed by atoms with van der Waals surface area (Å²) in [5.41, 5.74) is -0.128. The standard InChI is InChI=1S/C16H21IN2O3/c1-15(2,8-17)22-14(21)16-6-11(7-18-9-16)12-4-3-5-13(20)19(12)10-16/h3-5,11,18H,6-10H2,1-2H3/t11-,16-/m1/s1. The number of ether oxygens (including phenoxy) is 1. The Kier molecular flexibility index (Phi) is 4.09. The molecule has 0 aromatic carbocycles. The average molecular weight is 416 g/mol. The monoisotopic (exact) mass is 416 g/mol. The molecule has 22 heavy (non-hydrogen) atoms. The van der Waals surface area contributed by atoms with Crippen LogP contribution in [0.4, 0.5) is 0 Å². The molecule has 0 radical (unpaired) electrons. The molecule has 2 aliphatic heterocycles. The van der Waals surface area contributed by atoms with Gasteiger partial charge in [-0.05, 0) is 26.3 Å². The number of hydrogen-bond acceptors (Lipinski definition) is 4. The summed E-state index contributed by atoms with van der Waals surface area (Å²) in [7, 11) is 0. The van der Waals surface area contributed by atoms with Gasteiger partial charge in [0.25, 0.3) is 5.56 Å². The highest BCUT2D eigenvalue weighted by Crippen LogP contribution is 2.42. The molecule has 120 valence electrons. The van der Waals surface area contributed by atoms with Crippen molar-refractivity contribution in [1.82, 2.24) is 9.88 Å². The van der Waals surface area contributed by atoms with Crippen LogP contribution in [0.5, 0.6) is 0 Å². The van der Waals surface area contributed by atoms with Gasteiger partial charge in [-0.1, -0.05) is 28.7 Å². The fourth-order valence-electron chi connectivity index (χ4n) is 3.40. The van der Waals surface area contributed by atoms with Gasteiger partial charge in [-0.3, -0.25) is 9.59 Å². The predicted octanol–water partition coefficient (Wildman–Crippen LogP) is 1.68. The third-order valence-corrected chi connectivity index (χ3v) is 6.41. The maximum atomic E-state index is 12.8. The van der Waals surface area contributed by atoms with E-state index in [1.807, 2.05) is 19.9 Å². The summed E-state index contributed by atoms with van der Waals surface area (Å²) in [5, 5.41) is 3.35. The maximum absolute atomic E-state index is 12.8. The van der Waals surface area contributed by atoms with Crippen LogP contribution in [-0.2, 0) is 16.1 Å². The molecule has 2 aliphatic rings. The van der Waals surface area contributed by atoms with Gasteiger partial charge in [0.15, 0.2) is 0 Å². The lowest BCUT2D eigenvalue weighted by Gasteiger charge is -2.45. The maximum Gasteiger partial charge on any atom is 0.315 e. The van der Waals surface area contributed by atoms with E-state index in [9.17, 15) is 9.59 Å². The number of carbonyl (C=O) groups is 1. The number of aromatic nitrogens is 1. The smallest absolute Gasteiger partial charge is 0.315 e. The molecule has 1 saturated heterocycles. The van der Waals surface area contributed by atoms with E-state index in [1.165, 1.54) is 0 Å². The number of fused-ring (bicyclic) bond motifs is 4. The van der Waals surface area contributed by atoms with Crippen molar-refractivity contribution in [3.05, 3.63) is 34.2 Å². The third kappa shape index (κ3) is 2.71. The number of hydrogen-bond donors (Lipinski definition) is 1. The Morgan fingerprint density at radius 2 is 2.32 bits per heavy atom. The third-order valence-electron chi connectivity index (χ3n) is 4.58. The van der Waals surface area contributed by atoms with Gasteiger partial charge in [-0.2, -0.15) is 0 Å². The predicted molar refractivity (Wildman–Crippen MR) is 92.4 cm³/mol. The zero-order valence-electron chi connectivity index (χ0n) is 12.9. The summed E-state index contributed by atoms with van der Waals surface area (Å²) >= 11 is 2.23. The average Bonchev–Trinajstić information content (AvgIpc) is 2.48. The Labute approximate surface area is 143 Å². The van der Waals surface area contributed by atoms with E-state index in [0.717, 1.165) is 23.1 Å². The number of piperidine rings is 1. The van der Waals surface area contributed by atoms with Crippen LogP contribution in [0, 0.1) is 5.41 Å². The molecular formula is C16H21IN2O3. The van der Waals surface area contributed by atoms with Crippen molar-refractivity contribution >= 4 is 28.6 Å². The van der Waals surface area contributed by atoms with Crippen LogP contribution in [0.2, 0.25) is 0 Å². The van der Waals surface area contributed by atoms with Crippen molar-refractivity contribution < 1.29 is 9.53 Å². The van der Waals surface area contributed by atoms with Crippen LogP contribution < -0.4 is 10.9 Å². The first-order chi connectivity index (χ1) is 10.4. The van der Waals surface area contributed by atoms with E-state index in [4.69, 9.17) is 4.74 Å². The van der Waals surface area contributed by atoms with E-state index in [-0.39, 0.29) is 17.4 Å². The van der Waals surface area contributed by atoms with E-state index in [0.29, 0.717) is 13.1 Å². The van der Waals surface area contributed by atoms with Crippen LogP contribution in [0.3, 0.4) is 0 Å². The van der Waals surface area contributed by atoms with Gasteiger partial charge in [0.2, 0.25) is 0 Å². The van der Waals surface area contributed by atoms with Crippen molar-refractivity contribution in [1.29, 1.82) is 0 Å². The second-order valence-electron chi connectivity index (χ2n) is 6.97. The normalized spacial score (nSPS) is 27.1. The zero-order chi connectivity index (χ0) is 16.0.